The fourth-order valence-electron chi connectivity index (χ4n) is 3.04. The second kappa shape index (κ2) is 7.61. The van der Waals surface area contributed by atoms with Crippen molar-refractivity contribution >= 4 is 40.3 Å². The number of nitrogens with one attached hydrogen (secondary N) is 2. The molecule has 0 saturated carbocycles. The highest BCUT2D eigenvalue weighted by Gasteiger charge is 2.41. The van der Waals surface area contributed by atoms with Crippen molar-refractivity contribution < 1.29 is 19.5 Å². The van der Waals surface area contributed by atoms with Crippen molar-refractivity contribution in [3.63, 3.8) is 0 Å². The second-order valence-corrected chi connectivity index (χ2v) is 7.78. The topological polar surface area (TPSA) is 80.8 Å². The van der Waals surface area contributed by atoms with E-state index in [0.29, 0.717) is 28.7 Å². The number of quaternary nitrogens is 1. The molecule has 0 spiro atoms. The minimum absolute atomic E-state index is 0.314. The second-order valence-electron chi connectivity index (χ2n) is 6.15. The van der Waals surface area contributed by atoms with Crippen LogP contribution in [-0.4, -0.2) is 46.7 Å². The largest absolute Gasteiger partial charge is 0.465 e. The third-order valence-corrected chi connectivity index (χ3v) is 5.44. The number of aromatic nitrogens is 2. The Morgan fingerprint density at radius 1 is 1.60 bits per heavy atom. The Balaban J connectivity index is 1.74. The van der Waals surface area contributed by atoms with Crippen LogP contribution in [0.4, 0.5) is 10.8 Å². The summed E-state index contributed by atoms with van der Waals surface area (Å²) in [5, 5.41) is 18.4. The van der Waals surface area contributed by atoms with Crippen molar-refractivity contribution in [2.75, 3.05) is 19.0 Å². The monoisotopic (exact) mass is 381 g/mol. The van der Waals surface area contributed by atoms with Crippen molar-refractivity contribution in [3.05, 3.63) is 33.8 Å². The predicted octanol–water partition coefficient (Wildman–Crippen LogP) is 0.875. The third-order valence-electron chi connectivity index (χ3n) is 4.21. The standard InChI is InChI=1S/C16H20N4O3S2/c1-10-4-3-5-11(6-10)17-15-18-20(16(24)25-15)9-19-8-12(21)7-13(19)14(22)23-2/h3-6,12-13,21H,7-9H2,1-2H3,(H,17,18)/p+1/t12-,13-/m0/s1. The summed E-state index contributed by atoms with van der Waals surface area (Å²) in [6.45, 7) is 2.92. The summed E-state index contributed by atoms with van der Waals surface area (Å²) in [6.07, 6.45) is -0.120. The SMILES string of the molecule is COC(=O)[C@@H]1C[C@H](O)C[NH+]1Cn1nc(Nc2cccc(C)c2)sc1=S. The Bertz CT molecular complexity index is 820. The molecule has 1 aromatic heterocycles. The summed E-state index contributed by atoms with van der Waals surface area (Å²) in [5.74, 6) is -0.314. The molecule has 3 rings (SSSR count). The Morgan fingerprint density at radius 2 is 2.40 bits per heavy atom. The first kappa shape index (κ1) is 18.0. The van der Waals surface area contributed by atoms with E-state index in [1.165, 1.54) is 18.4 Å². The van der Waals surface area contributed by atoms with Crippen LogP contribution >= 0.6 is 23.6 Å². The van der Waals surface area contributed by atoms with E-state index < -0.39 is 12.1 Å². The number of ether oxygens (including phenoxy) is 1. The Kier molecular flexibility index (Phi) is 5.48. The molecule has 1 aliphatic rings. The van der Waals surface area contributed by atoms with Crippen LogP contribution in [0.1, 0.15) is 12.0 Å². The lowest BCUT2D eigenvalue weighted by molar-refractivity contribution is -0.928. The molecule has 1 fully saturated rings. The summed E-state index contributed by atoms with van der Waals surface area (Å²) in [6, 6.07) is 7.61. The van der Waals surface area contributed by atoms with Crippen LogP contribution in [0.15, 0.2) is 24.3 Å². The molecule has 1 saturated heterocycles. The third kappa shape index (κ3) is 4.24. The first-order chi connectivity index (χ1) is 12.0. The van der Waals surface area contributed by atoms with E-state index in [4.69, 9.17) is 17.0 Å². The number of likely N-dealkylation sites (tertiary alicyclic amines) is 1. The molecule has 25 heavy (non-hydrogen) atoms. The van der Waals surface area contributed by atoms with Crippen molar-refractivity contribution in [2.45, 2.75) is 32.2 Å². The number of anilines is 2. The van der Waals surface area contributed by atoms with Crippen LogP contribution < -0.4 is 10.2 Å². The van der Waals surface area contributed by atoms with Gasteiger partial charge >= 0.3 is 5.97 Å². The average Bonchev–Trinajstić information content (AvgIpc) is 3.09. The fourth-order valence-corrected chi connectivity index (χ4v) is 4.07. The maximum atomic E-state index is 11.9. The molecule has 0 bridgehead atoms. The number of aryl methyl sites for hydroxylation is 1. The molecule has 0 radical (unpaired) electrons. The van der Waals surface area contributed by atoms with Gasteiger partial charge < -0.3 is 20.1 Å². The number of esters is 1. The maximum Gasteiger partial charge on any atom is 0.364 e. The van der Waals surface area contributed by atoms with Crippen LogP contribution in [0.5, 0.6) is 0 Å². The number of methoxy groups -OCH3 is 1. The molecule has 2 aromatic rings. The average molecular weight is 382 g/mol. The normalized spacial score (nSPS) is 22.8. The highest BCUT2D eigenvalue weighted by atomic mass is 32.1. The van der Waals surface area contributed by atoms with E-state index in [-0.39, 0.29) is 5.97 Å². The van der Waals surface area contributed by atoms with E-state index in [2.05, 4.69) is 10.4 Å². The summed E-state index contributed by atoms with van der Waals surface area (Å²) in [5.41, 5.74) is 2.11. The Hall–Kier alpha value is -1.81. The number of benzene rings is 1. The molecule has 9 heteroatoms. The summed E-state index contributed by atoms with van der Waals surface area (Å²) in [7, 11) is 1.36. The highest BCUT2D eigenvalue weighted by Crippen LogP contribution is 2.20. The van der Waals surface area contributed by atoms with Gasteiger partial charge in [0, 0.05) is 12.1 Å². The zero-order valence-corrected chi connectivity index (χ0v) is 15.7. The van der Waals surface area contributed by atoms with Crippen LogP contribution in [0.2, 0.25) is 0 Å². The van der Waals surface area contributed by atoms with Crippen LogP contribution in [0.3, 0.4) is 0 Å². The van der Waals surface area contributed by atoms with E-state index in [9.17, 15) is 9.90 Å². The van der Waals surface area contributed by atoms with Gasteiger partial charge in [0.1, 0.15) is 12.6 Å². The Labute approximate surface area is 154 Å². The van der Waals surface area contributed by atoms with Gasteiger partial charge in [0.2, 0.25) is 5.13 Å². The van der Waals surface area contributed by atoms with E-state index in [0.717, 1.165) is 16.2 Å². The smallest absolute Gasteiger partial charge is 0.364 e. The molecule has 1 aromatic carbocycles. The minimum Gasteiger partial charge on any atom is -0.465 e. The maximum absolute atomic E-state index is 11.9. The number of carbonyl (C=O) groups is 1. The first-order valence-corrected chi connectivity index (χ1v) is 9.21. The number of aliphatic hydroxyl groups excluding tert-OH is 1. The van der Waals surface area contributed by atoms with E-state index in [1.54, 1.807) is 4.68 Å². The van der Waals surface area contributed by atoms with Gasteiger partial charge in [0.05, 0.1) is 7.11 Å². The number of nitrogens with zero attached hydrogens (tertiary/aromatic N) is 2. The van der Waals surface area contributed by atoms with Gasteiger partial charge in [-0.05, 0) is 36.8 Å². The number of carbonyl (C=O) groups excluding carboxylic acids is 1. The van der Waals surface area contributed by atoms with Gasteiger partial charge in [-0.3, -0.25) is 0 Å². The molecule has 2 heterocycles. The molecular formula is C16H21N4O3S2+. The van der Waals surface area contributed by atoms with E-state index in [1.807, 2.05) is 31.2 Å². The van der Waals surface area contributed by atoms with Gasteiger partial charge in [-0.1, -0.05) is 23.5 Å². The lowest BCUT2D eigenvalue weighted by Gasteiger charge is -2.18. The molecule has 0 amide bonds. The van der Waals surface area contributed by atoms with Crippen molar-refractivity contribution in [3.8, 4) is 0 Å². The summed E-state index contributed by atoms with van der Waals surface area (Å²) in [4.78, 5) is 12.8. The summed E-state index contributed by atoms with van der Waals surface area (Å²) >= 11 is 6.78. The molecule has 3 atom stereocenters. The minimum atomic E-state index is -0.517. The molecular weight excluding hydrogens is 360 g/mol. The zero-order valence-electron chi connectivity index (χ0n) is 14.1. The molecule has 3 N–H and O–H groups in total. The van der Waals surface area contributed by atoms with E-state index >= 15 is 0 Å². The van der Waals surface area contributed by atoms with Crippen molar-refractivity contribution in [2.24, 2.45) is 0 Å². The van der Waals surface area contributed by atoms with Crippen molar-refractivity contribution in [1.29, 1.82) is 0 Å². The molecule has 7 nitrogen and oxygen atoms in total. The van der Waals surface area contributed by atoms with Crippen LogP contribution in [0.25, 0.3) is 0 Å². The first-order valence-electron chi connectivity index (χ1n) is 7.98. The van der Waals surface area contributed by atoms with Crippen LogP contribution in [0, 0.1) is 10.9 Å². The summed E-state index contributed by atoms with van der Waals surface area (Å²) < 4.78 is 7.15. The predicted molar refractivity (Wildman–Crippen MR) is 97.7 cm³/mol. The number of hydrogen-bond donors (Lipinski definition) is 3. The molecule has 1 aliphatic heterocycles. The lowest BCUT2D eigenvalue weighted by atomic mass is 10.2. The number of hydrogen-bond acceptors (Lipinski definition) is 7. The van der Waals surface area contributed by atoms with Gasteiger partial charge in [-0.2, -0.15) is 4.68 Å². The molecule has 0 aliphatic carbocycles. The molecule has 134 valence electrons. The fraction of sp³-hybridized carbons (Fsp3) is 0.438. The Morgan fingerprint density at radius 3 is 3.12 bits per heavy atom. The van der Waals surface area contributed by atoms with Gasteiger partial charge in [0.15, 0.2) is 16.7 Å². The highest BCUT2D eigenvalue weighted by molar-refractivity contribution is 7.73. The van der Waals surface area contributed by atoms with Crippen LogP contribution in [-0.2, 0) is 16.2 Å². The van der Waals surface area contributed by atoms with Gasteiger partial charge in [-0.15, -0.1) is 5.10 Å². The number of rotatable bonds is 5. The quantitative estimate of drug-likeness (QED) is 0.527. The lowest BCUT2D eigenvalue weighted by Crippen LogP contribution is -3.14. The number of aliphatic hydroxyl groups is 1. The molecule has 1 unspecified atom stereocenters. The van der Waals surface area contributed by atoms with Gasteiger partial charge in [-0.25, -0.2) is 4.79 Å². The van der Waals surface area contributed by atoms with Gasteiger partial charge in [0.25, 0.3) is 0 Å². The zero-order chi connectivity index (χ0) is 18.0. The van der Waals surface area contributed by atoms with Crippen molar-refractivity contribution in [1.82, 2.24) is 9.78 Å².